The maximum Gasteiger partial charge on any atom is 0.408 e. The van der Waals surface area contributed by atoms with Crippen molar-refractivity contribution < 1.29 is 33.8 Å². The van der Waals surface area contributed by atoms with Gasteiger partial charge in [0.1, 0.15) is 17.7 Å². The molecule has 1 rings (SSSR count). The highest BCUT2D eigenvalue weighted by Crippen LogP contribution is 2.23. The molecular formula is C26H35N3O7. The number of benzene rings is 1. The Morgan fingerprint density at radius 1 is 1.22 bits per heavy atom. The maximum atomic E-state index is 13.4. The molecule has 196 valence electrons. The van der Waals surface area contributed by atoms with Gasteiger partial charge in [0.2, 0.25) is 11.8 Å². The molecule has 0 bridgehead atoms. The highest BCUT2D eigenvalue weighted by molar-refractivity contribution is 5.92. The van der Waals surface area contributed by atoms with Crippen molar-refractivity contribution in [2.75, 3.05) is 26.3 Å². The van der Waals surface area contributed by atoms with Crippen LogP contribution in [0, 0.1) is 12.3 Å². The molecule has 0 aliphatic rings. The molecular weight excluding hydrogens is 466 g/mol. The van der Waals surface area contributed by atoms with Crippen LogP contribution in [0.25, 0.3) is 0 Å². The number of ether oxygens (including phenoxy) is 2. The van der Waals surface area contributed by atoms with Crippen molar-refractivity contribution in [3.8, 4) is 12.3 Å². The van der Waals surface area contributed by atoms with Crippen molar-refractivity contribution in [3.63, 3.8) is 0 Å². The van der Waals surface area contributed by atoms with E-state index in [1.807, 2.05) is 0 Å². The van der Waals surface area contributed by atoms with Gasteiger partial charge in [0.25, 0.3) is 0 Å². The third-order valence-corrected chi connectivity index (χ3v) is 4.67. The minimum Gasteiger partial charge on any atom is -0.466 e. The number of carbonyl (C=O) groups is 4. The number of alkyl carbamates (subject to hydrolysis) is 1. The van der Waals surface area contributed by atoms with Gasteiger partial charge in [-0.05, 0) is 45.4 Å². The van der Waals surface area contributed by atoms with Gasteiger partial charge >= 0.3 is 12.1 Å². The molecule has 1 aromatic carbocycles. The lowest BCUT2D eigenvalue weighted by Gasteiger charge is -2.33. The third kappa shape index (κ3) is 9.80. The van der Waals surface area contributed by atoms with Crippen LogP contribution in [0.5, 0.6) is 0 Å². The van der Waals surface area contributed by atoms with Gasteiger partial charge in [-0.3, -0.25) is 14.4 Å². The van der Waals surface area contributed by atoms with Crippen LogP contribution < -0.4 is 10.6 Å². The first-order chi connectivity index (χ1) is 17.0. The molecule has 1 aromatic rings. The molecule has 36 heavy (non-hydrogen) atoms. The second-order valence-electron chi connectivity index (χ2n) is 8.68. The second-order valence-corrected chi connectivity index (χ2v) is 8.68. The normalized spacial score (nSPS) is 12.3. The molecule has 0 saturated carbocycles. The summed E-state index contributed by atoms with van der Waals surface area (Å²) in [6.45, 7) is 9.67. The molecule has 2 unspecified atom stereocenters. The van der Waals surface area contributed by atoms with E-state index < -0.39 is 48.2 Å². The Balaban J connectivity index is 3.28. The van der Waals surface area contributed by atoms with E-state index >= 15 is 0 Å². The van der Waals surface area contributed by atoms with E-state index in [1.165, 1.54) is 6.08 Å². The maximum absolute atomic E-state index is 13.4. The van der Waals surface area contributed by atoms with Crippen LogP contribution in [-0.2, 0) is 23.9 Å². The Morgan fingerprint density at radius 2 is 1.86 bits per heavy atom. The topological polar surface area (TPSA) is 134 Å². The summed E-state index contributed by atoms with van der Waals surface area (Å²) in [5.41, 5.74) is 0.169. The lowest BCUT2D eigenvalue weighted by molar-refractivity contribution is -0.144. The summed E-state index contributed by atoms with van der Waals surface area (Å²) < 4.78 is 10.0. The minimum absolute atomic E-state index is 0.0215. The van der Waals surface area contributed by atoms with Gasteiger partial charge in [0.15, 0.2) is 0 Å². The molecule has 0 spiro atoms. The largest absolute Gasteiger partial charge is 0.466 e. The zero-order valence-corrected chi connectivity index (χ0v) is 21.2. The van der Waals surface area contributed by atoms with Gasteiger partial charge in [-0.15, -0.1) is 13.0 Å². The first kappa shape index (κ1) is 30.2. The van der Waals surface area contributed by atoms with Crippen molar-refractivity contribution in [1.29, 1.82) is 0 Å². The number of rotatable bonds is 12. The minimum atomic E-state index is -1.39. The summed E-state index contributed by atoms with van der Waals surface area (Å²) in [5, 5.41) is 14.8. The molecule has 3 amide bonds. The molecule has 0 heterocycles. The van der Waals surface area contributed by atoms with E-state index in [0.717, 1.165) is 4.90 Å². The molecule has 0 radical (unpaired) electrons. The van der Waals surface area contributed by atoms with E-state index in [0.29, 0.717) is 11.1 Å². The molecule has 0 aliphatic carbocycles. The average Bonchev–Trinajstić information content (AvgIpc) is 2.81. The standard InChI is InChI=1S/C26H35N3O7/c1-7-16-29(24(33)20(17-30)28-25(34)36-26(4,5)6)22(19-12-10-18(8-2)11-13-19)23(32)27-15-14-21(31)35-9-3/h2,7,10-13,20,22,30H,1,9,14-17H2,3-6H3,(H,27,32)(H,28,34). The Bertz CT molecular complexity index is 961. The molecule has 0 fully saturated rings. The van der Waals surface area contributed by atoms with Gasteiger partial charge in [0.05, 0.1) is 19.6 Å². The first-order valence-corrected chi connectivity index (χ1v) is 11.5. The van der Waals surface area contributed by atoms with Crippen molar-refractivity contribution in [2.24, 2.45) is 0 Å². The summed E-state index contributed by atoms with van der Waals surface area (Å²) in [5.74, 6) is 0.677. The lowest BCUT2D eigenvalue weighted by Crippen LogP contribution is -2.54. The summed E-state index contributed by atoms with van der Waals surface area (Å²) in [7, 11) is 0. The Hall–Kier alpha value is -3.84. The number of esters is 1. The Kier molecular flexibility index (Phi) is 12.2. The first-order valence-electron chi connectivity index (χ1n) is 11.5. The van der Waals surface area contributed by atoms with Crippen molar-refractivity contribution in [3.05, 3.63) is 48.0 Å². The van der Waals surface area contributed by atoms with E-state index in [1.54, 1.807) is 52.0 Å². The fraction of sp³-hybridized carbons (Fsp3) is 0.462. The quantitative estimate of drug-likeness (QED) is 0.225. The van der Waals surface area contributed by atoms with Gasteiger partial charge in [-0.1, -0.05) is 24.1 Å². The van der Waals surface area contributed by atoms with Crippen LogP contribution in [0.4, 0.5) is 4.79 Å². The van der Waals surface area contributed by atoms with Gasteiger partial charge in [-0.2, -0.15) is 0 Å². The summed E-state index contributed by atoms with van der Waals surface area (Å²) in [6, 6.07) is 3.87. The fourth-order valence-corrected chi connectivity index (χ4v) is 3.15. The lowest BCUT2D eigenvalue weighted by atomic mass is 10.0. The number of carbonyl (C=O) groups excluding carboxylic acids is 4. The number of hydrogen-bond acceptors (Lipinski definition) is 7. The van der Waals surface area contributed by atoms with E-state index in [4.69, 9.17) is 15.9 Å². The van der Waals surface area contributed by atoms with Gasteiger partial charge in [0, 0.05) is 18.7 Å². The molecule has 0 aliphatic heterocycles. The zero-order valence-electron chi connectivity index (χ0n) is 21.2. The number of amides is 3. The number of aliphatic hydroxyl groups excluding tert-OH is 1. The third-order valence-electron chi connectivity index (χ3n) is 4.67. The summed E-state index contributed by atoms with van der Waals surface area (Å²) in [4.78, 5) is 51.8. The van der Waals surface area contributed by atoms with E-state index in [9.17, 15) is 24.3 Å². The van der Waals surface area contributed by atoms with Gasteiger partial charge < -0.3 is 30.1 Å². The molecule has 2 atom stereocenters. The second kappa shape index (κ2) is 14.5. The Labute approximate surface area is 212 Å². The molecule has 3 N–H and O–H groups in total. The molecule has 0 saturated heterocycles. The zero-order chi connectivity index (χ0) is 27.3. The van der Waals surface area contributed by atoms with E-state index in [-0.39, 0.29) is 26.1 Å². The predicted molar refractivity (Wildman–Crippen MR) is 134 cm³/mol. The van der Waals surface area contributed by atoms with Crippen LogP contribution >= 0.6 is 0 Å². The van der Waals surface area contributed by atoms with Crippen molar-refractivity contribution in [1.82, 2.24) is 15.5 Å². The number of aliphatic hydroxyl groups is 1. The SMILES string of the molecule is C#Cc1ccc(C(C(=O)NCCC(=O)OCC)N(CC=C)C(=O)C(CO)NC(=O)OC(C)(C)C)cc1. The Morgan fingerprint density at radius 3 is 2.36 bits per heavy atom. The smallest absolute Gasteiger partial charge is 0.408 e. The van der Waals surface area contributed by atoms with Gasteiger partial charge in [-0.25, -0.2) is 4.79 Å². The van der Waals surface area contributed by atoms with Crippen LogP contribution in [0.1, 0.15) is 51.3 Å². The van der Waals surface area contributed by atoms with Crippen LogP contribution in [0.2, 0.25) is 0 Å². The number of nitrogens with one attached hydrogen (secondary N) is 2. The monoisotopic (exact) mass is 501 g/mol. The van der Waals surface area contributed by atoms with E-state index in [2.05, 4.69) is 23.1 Å². The predicted octanol–water partition coefficient (Wildman–Crippen LogP) is 1.68. The highest BCUT2D eigenvalue weighted by Gasteiger charge is 2.35. The van der Waals surface area contributed by atoms with Crippen LogP contribution in [0.15, 0.2) is 36.9 Å². The summed E-state index contributed by atoms with van der Waals surface area (Å²) >= 11 is 0. The van der Waals surface area contributed by atoms with Crippen molar-refractivity contribution >= 4 is 23.9 Å². The van der Waals surface area contributed by atoms with Crippen LogP contribution in [0.3, 0.4) is 0 Å². The van der Waals surface area contributed by atoms with Crippen LogP contribution in [-0.4, -0.2) is 71.8 Å². The average molecular weight is 502 g/mol. The summed E-state index contributed by atoms with van der Waals surface area (Å²) in [6.07, 6.45) is 5.88. The molecule has 0 aromatic heterocycles. The highest BCUT2D eigenvalue weighted by atomic mass is 16.6. The number of hydrogen-bond donors (Lipinski definition) is 3. The fourth-order valence-electron chi connectivity index (χ4n) is 3.15. The number of nitrogens with zero attached hydrogens (tertiary/aromatic N) is 1. The molecule has 10 nitrogen and oxygen atoms in total. The van der Waals surface area contributed by atoms with Crippen molar-refractivity contribution in [2.45, 2.75) is 51.8 Å². The number of terminal acetylenes is 1. The molecule has 10 heteroatoms.